The van der Waals surface area contributed by atoms with Crippen LogP contribution in [0.15, 0.2) is 34.2 Å². The summed E-state index contributed by atoms with van der Waals surface area (Å²) in [7, 11) is 0. The average molecular weight is 436 g/mol. The highest BCUT2D eigenvalue weighted by Gasteiger charge is 2.21. The second kappa shape index (κ2) is 9.85. The number of aryl methyl sites for hydroxylation is 3. The number of pyridine rings is 1. The van der Waals surface area contributed by atoms with Crippen LogP contribution in [0, 0.1) is 20.8 Å². The minimum Gasteiger partial charge on any atom is -0.369 e. The predicted molar refractivity (Wildman–Crippen MR) is 131 cm³/mol. The average Bonchev–Trinajstić information content (AvgIpc) is 3.34. The summed E-state index contributed by atoms with van der Waals surface area (Å²) < 4.78 is 2.17. The molecule has 0 aromatic carbocycles. The van der Waals surface area contributed by atoms with E-state index in [4.69, 9.17) is 0 Å². The van der Waals surface area contributed by atoms with Gasteiger partial charge in [0, 0.05) is 53.4 Å². The van der Waals surface area contributed by atoms with Crippen molar-refractivity contribution in [3.05, 3.63) is 68.4 Å². The van der Waals surface area contributed by atoms with E-state index >= 15 is 0 Å². The minimum absolute atomic E-state index is 0.166. The Bertz CT molecular complexity index is 1160. The van der Waals surface area contributed by atoms with Crippen LogP contribution in [0.1, 0.15) is 60.5 Å². The smallest absolute Gasteiger partial charge is 0.253 e. The number of allylic oxidation sites excluding steroid dienone is 1. The van der Waals surface area contributed by atoms with Crippen LogP contribution in [-0.2, 0) is 11.3 Å². The number of rotatable bonds is 7. The summed E-state index contributed by atoms with van der Waals surface area (Å²) in [5.74, 6) is 0.646. The molecule has 7 nitrogen and oxygen atoms in total. The Labute approximate surface area is 189 Å². The van der Waals surface area contributed by atoms with Gasteiger partial charge in [-0.1, -0.05) is 6.08 Å². The molecule has 0 aliphatic carbocycles. The molecule has 3 N–H and O–H groups in total. The number of carbonyl (C=O) groups is 1. The molecular formula is C25H33N5O2. The van der Waals surface area contributed by atoms with Gasteiger partial charge in [-0.2, -0.15) is 0 Å². The van der Waals surface area contributed by atoms with Gasteiger partial charge in [-0.05, 0) is 70.9 Å². The highest BCUT2D eigenvalue weighted by molar-refractivity contribution is 6.20. The zero-order valence-electron chi connectivity index (χ0n) is 19.8. The van der Waals surface area contributed by atoms with Crippen LogP contribution < -0.4 is 16.2 Å². The summed E-state index contributed by atoms with van der Waals surface area (Å²) in [6, 6.07) is 2.14. The van der Waals surface area contributed by atoms with Crippen LogP contribution in [0.3, 0.4) is 0 Å². The molecule has 7 heteroatoms. The van der Waals surface area contributed by atoms with Gasteiger partial charge in [0.25, 0.3) is 11.5 Å². The topological polar surface area (TPSA) is 91.3 Å². The number of amides is 1. The fourth-order valence-electron chi connectivity index (χ4n) is 4.06. The van der Waals surface area contributed by atoms with Gasteiger partial charge >= 0.3 is 0 Å². The number of hydrogen-bond donors (Lipinski definition) is 3. The van der Waals surface area contributed by atoms with Gasteiger partial charge in [0.15, 0.2) is 0 Å². The quantitative estimate of drug-likeness (QED) is 0.582. The van der Waals surface area contributed by atoms with E-state index in [-0.39, 0.29) is 24.1 Å². The largest absolute Gasteiger partial charge is 0.369 e. The maximum atomic E-state index is 13.2. The first kappa shape index (κ1) is 23.3. The molecule has 1 aliphatic heterocycles. The fraction of sp³-hybridized carbons (Fsp3) is 0.400. The molecule has 32 heavy (non-hydrogen) atoms. The van der Waals surface area contributed by atoms with Gasteiger partial charge < -0.3 is 20.2 Å². The number of carbonyl (C=O) groups excluding carboxylic acids is 1. The molecule has 0 atom stereocenters. The standard InChI is InChI=1S/C25H33N5O2/c1-7-19(24(31)28-13-20-16(4)12-18(6)29-25(20)32)23-17(5)14-30(15(2)3)21(23)8-9-22-26-10-11-27-22/h7-9,12,14-15H,10-11,13H2,1-6H3,(H,26,27)(H,28,31)(H,29,32)/b9-8+,19-7+. The molecule has 0 saturated carbocycles. The number of aliphatic imine (C=N–C) groups is 1. The zero-order valence-corrected chi connectivity index (χ0v) is 19.8. The fourth-order valence-corrected chi connectivity index (χ4v) is 4.06. The maximum absolute atomic E-state index is 13.2. The molecule has 170 valence electrons. The number of aromatic amines is 1. The van der Waals surface area contributed by atoms with Crippen molar-refractivity contribution in [3.8, 4) is 0 Å². The molecule has 0 spiro atoms. The second-order valence-electron chi connectivity index (χ2n) is 8.43. The Balaban J connectivity index is 1.92. The van der Waals surface area contributed by atoms with Gasteiger partial charge in [0.2, 0.25) is 0 Å². The monoisotopic (exact) mass is 435 g/mol. The number of amidine groups is 1. The number of hydrogen-bond acceptors (Lipinski definition) is 4. The lowest BCUT2D eigenvalue weighted by Crippen LogP contribution is -2.28. The maximum Gasteiger partial charge on any atom is 0.253 e. The van der Waals surface area contributed by atoms with E-state index in [0.29, 0.717) is 11.1 Å². The molecule has 2 aromatic rings. The zero-order chi connectivity index (χ0) is 23.4. The number of nitrogens with zero attached hydrogens (tertiary/aromatic N) is 2. The van der Waals surface area contributed by atoms with Crippen molar-refractivity contribution in [1.29, 1.82) is 0 Å². The number of nitrogens with one attached hydrogen (secondary N) is 3. The molecule has 3 heterocycles. The predicted octanol–water partition coefficient (Wildman–Crippen LogP) is 3.42. The Morgan fingerprint density at radius 2 is 2.00 bits per heavy atom. The lowest BCUT2D eigenvalue weighted by molar-refractivity contribution is -0.115. The van der Waals surface area contributed by atoms with Gasteiger partial charge in [-0.15, -0.1) is 0 Å². The van der Waals surface area contributed by atoms with Crippen molar-refractivity contribution in [1.82, 2.24) is 20.2 Å². The summed E-state index contributed by atoms with van der Waals surface area (Å²) in [5.41, 5.74) is 5.53. The van der Waals surface area contributed by atoms with E-state index in [2.05, 4.69) is 45.2 Å². The van der Waals surface area contributed by atoms with Crippen molar-refractivity contribution in [2.24, 2.45) is 4.99 Å². The summed E-state index contributed by atoms with van der Waals surface area (Å²) >= 11 is 0. The first-order chi connectivity index (χ1) is 15.2. The van der Waals surface area contributed by atoms with Crippen LogP contribution in [0.4, 0.5) is 0 Å². The highest BCUT2D eigenvalue weighted by Crippen LogP contribution is 2.29. The number of aromatic nitrogens is 2. The Morgan fingerprint density at radius 1 is 1.25 bits per heavy atom. The first-order valence-electron chi connectivity index (χ1n) is 11.0. The lowest BCUT2D eigenvalue weighted by atomic mass is 10.00. The summed E-state index contributed by atoms with van der Waals surface area (Å²) in [5, 5.41) is 6.19. The van der Waals surface area contributed by atoms with E-state index in [0.717, 1.165) is 47.0 Å². The van der Waals surface area contributed by atoms with Crippen LogP contribution in [0.2, 0.25) is 0 Å². The van der Waals surface area contributed by atoms with Crippen molar-refractivity contribution < 1.29 is 4.79 Å². The third-order valence-electron chi connectivity index (χ3n) is 5.64. The Morgan fingerprint density at radius 3 is 2.59 bits per heavy atom. The molecule has 1 aliphatic rings. The van der Waals surface area contributed by atoms with Crippen LogP contribution in [-0.4, -0.2) is 34.4 Å². The van der Waals surface area contributed by atoms with E-state index < -0.39 is 0 Å². The highest BCUT2D eigenvalue weighted by atomic mass is 16.2. The first-order valence-corrected chi connectivity index (χ1v) is 11.0. The summed E-state index contributed by atoms with van der Waals surface area (Å²) in [4.78, 5) is 32.8. The van der Waals surface area contributed by atoms with Crippen molar-refractivity contribution in [2.45, 2.75) is 54.1 Å². The molecule has 0 bridgehead atoms. The Hall–Kier alpha value is -3.35. The van der Waals surface area contributed by atoms with Crippen molar-refractivity contribution in [3.63, 3.8) is 0 Å². The molecular weight excluding hydrogens is 402 g/mol. The van der Waals surface area contributed by atoms with E-state index in [1.54, 1.807) is 0 Å². The third kappa shape index (κ3) is 4.93. The molecule has 0 radical (unpaired) electrons. The third-order valence-corrected chi connectivity index (χ3v) is 5.64. The van der Waals surface area contributed by atoms with Crippen molar-refractivity contribution >= 4 is 23.4 Å². The van der Waals surface area contributed by atoms with Gasteiger partial charge in [-0.3, -0.25) is 14.6 Å². The van der Waals surface area contributed by atoms with E-state index in [9.17, 15) is 9.59 Å². The van der Waals surface area contributed by atoms with E-state index in [1.807, 2.05) is 52.0 Å². The van der Waals surface area contributed by atoms with Gasteiger partial charge in [-0.25, -0.2) is 0 Å². The molecule has 0 unspecified atom stereocenters. The van der Waals surface area contributed by atoms with Gasteiger partial charge in [0.1, 0.15) is 5.84 Å². The van der Waals surface area contributed by atoms with Crippen LogP contribution in [0.25, 0.3) is 11.6 Å². The molecule has 1 amide bonds. The minimum atomic E-state index is -0.206. The van der Waals surface area contributed by atoms with Crippen LogP contribution >= 0.6 is 0 Å². The molecule has 2 aromatic heterocycles. The van der Waals surface area contributed by atoms with Gasteiger partial charge in [0.05, 0.1) is 6.54 Å². The lowest BCUT2D eigenvalue weighted by Gasteiger charge is -2.14. The Kier molecular flexibility index (Phi) is 7.18. The molecule has 3 rings (SSSR count). The molecule has 0 fully saturated rings. The SMILES string of the molecule is C/C=C(/C(=O)NCc1c(C)cc(C)[nH]c1=O)c1c(C)cn(C(C)C)c1/C=C/C1=NCCN1. The summed E-state index contributed by atoms with van der Waals surface area (Å²) in [6.45, 7) is 13.6. The van der Waals surface area contributed by atoms with Crippen LogP contribution in [0.5, 0.6) is 0 Å². The number of H-pyrrole nitrogens is 1. The normalized spacial score (nSPS) is 14.2. The van der Waals surface area contributed by atoms with E-state index in [1.165, 1.54) is 0 Å². The summed E-state index contributed by atoms with van der Waals surface area (Å²) in [6.07, 6.45) is 7.89. The van der Waals surface area contributed by atoms with Crippen molar-refractivity contribution in [2.75, 3.05) is 13.1 Å². The molecule has 0 saturated heterocycles. The second-order valence-corrected chi connectivity index (χ2v) is 8.43.